The third-order valence-electron chi connectivity index (χ3n) is 3.67. The molecule has 1 amide bonds. The van der Waals surface area contributed by atoms with E-state index in [4.69, 9.17) is 17.0 Å². The van der Waals surface area contributed by atoms with Crippen LogP contribution < -0.4 is 15.4 Å². The number of unbranched alkanes of at least 4 members (excludes halogenated alkanes) is 2. The summed E-state index contributed by atoms with van der Waals surface area (Å²) in [4.78, 5) is 15.8. The molecule has 0 aromatic heterocycles. The predicted octanol–water partition coefficient (Wildman–Crippen LogP) is 5.25. The van der Waals surface area contributed by atoms with Gasteiger partial charge in [0.25, 0.3) is 5.91 Å². The Labute approximate surface area is 173 Å². The molecule has 29 heavy (non-hydrogen) atoms. The Morgan fingerprint density at radius 1 is 1.34 bits per heavy atom. The topological polar surface area (TPSA) is 62.7 Å². The summed E-state index contributed by atoms with van der Waals surface area (Å²) in [6.45, 7) is 7.24. The van der Waals surface area contributed by atoms with E-state index in [1.165, 1.54) is 30.6 Å². The molecule has 9 heteroatoms. The molecule has 0 saturated carbocycles. The second-order valence-electron chi connectivity index (χ2n) is 5.88. The van der Waals surface area contributed by atoms with E-state index >= 15 is 0 Å². The third kappa shape index (κ3) is 8.47. The largest absolute Gasteiger partial charge is 0.493 e. The summed E-state index contributed by atoms with van der Waals surface area (Å²) < 4.78 is 45.4. The minimum absolute atomic E-state index is 0.0744. The summed E-state index contributed by atoms with van der Waals surface area (Å²) in [5.41, 5.74) is -0.619. The summed E-state index contributed by atoms with van der Waals surface area (Å²) in [6.07, 6.45) is 1.96. The Bertz CT molecular complexity index is 790. The van der Waals surface area contributed by atoms with E-state index < -0.39 is 17.6 Å². The van der Waals surface area contributed by atoms with Crippen LogP contribution in [0, 0.1) is 0 Å². The maximum absolute atomic E-state index is 13.4. The van der Waals surface area contributed by atoms with Crippen LogP contribution in [0.1, 0.15) is 38.7 Å². The molecule has 2 N–H and O–H groups in total. The van der Waals surface area contributed by atoms with E-state index in [0.717, 1.165) is 18.9 Å². The van der Waals surface area contributed by atoms with Gasteiger partial charge in [-0.15, -0.1) is 0 Å². The van der Waals surface area contributed by atoms with E-state index in [1.54, 1.807) is 6.92 Å². The van der Waals surface area contributed by atoms with Crippen LogP contribution in [0.4, 0.5) is 18.9 Å². The second kappa shape index (κ2) is 12.0. The molecular weight excluding hydrogens is 403 g/mol. The van der Waals surface area contributed by atoms with E-state index in [2.05, 4.69) is 22.2 Å². The third-order valence-corrected chi connectivity index (χ3v) is 3.87. The molecule has 158 valence electrons. The number of carbonyl (C=O) groups excluding carboxylic acids is 1. The highest BCUT2D eigenvalue weighted by Crippen LogP contribution is 2.38. The molecule has 0 aliphatic heterocycles. The first-order valence-electron chi connectivity index (χ1n) is 8.99. The van der Waals surface area contributed by atoms with Crippen molar-refractivity contribution in [3.05, 3.63) is 48.2 Å². The standard InChI is InChI=1S/C20H24F3N3O2S/c1-4-7-8-11-28-17-10-9-15(12-16(17)20(21,22)23)25-19(29)26-18(27)14(5-2)13-24-6-3/h5-6,9-10,12-13H,3-4,7-8,11H2,1-2H3,(H2,25,26,27,29)/b14-5+,24-13?. The molecule has 1 rings (SSSR count). The van der Waals surface area contributed by atoms with Crippen molar-refractivity contribution in [3.8, 4) is 5.75 Å². The van der Waals surface area contributed by atoms with E-state index in [0.29, 0.717) is 6.42 Å². The first-order chi connectivity index (χ1) is 13.7. The lowest BCUT2D eigenvalue weighted by molar-refractivity contribution is -0.138. The van der Waals surface area contributed by atoms with Gasteiger partial charge in [0.15, 0.2) is 5.11 Å². The molecule has 0 bridgehead atoms. The van der Waals surface area contributed by atoms with Gasteiger partial charge in [-0.05, 0) is 43.8 Å². The van der Waals surface area contributed by atoms with Crippen LogP contribution >= 0.6 is 12.2 Å². The summed E-state index contributed by atoms with van der Waals surface area (Å²) in [5, 5.41) is 4.81. The minimum Gasteiger partial charge on any atom is -0.493 e. The van der Waals surface area contributed by atoms with Crippen LogP contribution in [0.2, 0.25) is 0 Å². The molecule has 0 spiro atoms. The van der Waals surface area contributed by atoms with Gasteiger partial charge in [-0.2, -0.15) is 13.2 Å². The summed E-state index contributed by atoms with van der Waals surface area (Å²) in [7, 11) is 0. The zero-order chi connectivity index (χ0) is 21.9. The molecule has 0 saturated heterocycles. The summed E-state index contributed by atoms with van der Waals surface area (Å²) >= 11 is 5.01. The van der Waals surface area contributed by atoms with Crippen LogP contribution in [-0.2, 0) is 11.0 Å². The molecule has 1 aromatic carbocycles. The maximum Gasteiger partial charge on any atom is 0.420 e. The highest BCUT2D eigenvalue weighted by molar-refractivity contribution is 7.80. The number of ether oxygens (including phenoxy) is 1. The van der Waals surface area contributed by atoms with Crippen molar-refractivity contribution >= 4 is 35.1 Å². The number of hydrogen-bond donors (Lipinski definition) is 2. The lowest BCUT2D eigenvalue weighted by Gasteiger charge is -2.16. The number of halogens is 3. The van der Waals surface area contributed by atoms with Crippen LogP contribution in [0.5, 0.6) is 5.75 Å². The number of allylic oxidation sites excluding steroid dienone is 1. The summed E-state index contributed by atoms with van der Waals surface area (Å²) in [6, 6.07) is 3.53. The Hall–Kier alpha value is -2.68. The van der Waals surface area contributed by atoms with Crippen molar-refractivity contribution < 1.29 is 22.7 Å². The zero-order valence-electron chi connectivity index (χ0n) is 16.3. The average Bonchev–Trinajstić information content (AvgIpc) is 2.65. The molecule has 0 atom stereocenters. The molecule has 0 aliphatic rings. The number of nitrogens with zero attached hydrogens (tertiary/aromatic N) is 1. The number of anilines is 1. The Balaban J connectivity index is 2.88. The molecule has 0 unspecified atom stereocenters. The van der Waals surface area contributed by atoms with Gasteiger partial charge in [-0.1, -0.05) is 32.4 Å². The van der Waals surface area contributed by atoms with Gasteiger partial charge >= 0.3 is 6.18 Å². The van der Waals surface area contributed by atoms with Gasteiger partial charge in [0, 0.05) is 18.1 Å². The molecule has 0 heterocycles. The van der Waals surface area contributed by atoms with Gasteiger partial charge < -0.3 is 10.1 Å². The summed E-state index contributed by atoms with van der Waals surface area (Å²) in [5.74, 6) is -0.798. The number of benzene rings is 1. The van der Waals surface area contributed by atoms with Crippen molar-refractivity contribution in [1.82, 2.24) is 5.32 Å². The Kier molecular flexibility index (Phi) is 10.1. The number of nitrogens with one attached hydrogen (secondary N) is 2. The number of thiocarbonyl (C=S) groups is 1. The lowest BCUT2D eigenvalue weighted by atomic mass is 10.1. The smallest absolute Gasteiger partial charge is 0.420 e. The highest BCUT2D eigenvalue weighted by Gasteiger charge is 2.34. The second-order valence-corrected chi connectivity index (χ2v) is 6.29. The van der Waals surface area contributed by atoms with Crippen LogP contribution in [0.15, 0.2) is 47.6 Å². The zero-order valence-corrected chi connectivity index (χ0v) is 17.1. The molecule has 0 aliphatic carbocycles. The highest BCUT2D eigenvalue weighted by atomic mass is 32.1. The minimum atomic E-state index is -4.60. The van der Waals surface area contributed by atoms with E-state index in [-0.39, 0.29) is 28.7 Å². The fourth-order valence-corrected chi connectivity index (χ4v) is 2.43. The number of alkyl halides is 3. The molecule has 1 aromatic rings. The van der Waals surface area contributed by atoms with Crippen molar-refractivity contribution in [2.24, 2.45) is 4.99 Å². The lowest BCUT2D eigenvalue weighted by Crippen LogP contribution is -2.35. The average molecular weight is 427 g/mol. The van der Waals surface area contributed by atoms with Crippen molar-refractivity contribution in [1.29, 1.82) is 0 Å². The number of rotatable bonds is 9. The quantitative estimate of drug-likeness (QED) is 0.245. The Morgan fingerprint density at radius 3 is 2.66 bits per heavy atom. The van der Waals surface area contributed by atoms with Crippen molar-refractivity contribution in [2.45, 2.75) is 39.3 Å². The molecule has 0 radical (unpaired) electrons. The Morgan fingerprint density at radius 2 is 2.07 bits per heavy atom. The van der Waals surface area contributed by atoms with Gasteiger partial charge in [-0.3, -0.25) is 15.1 Å². The fourth-order valence-electron chi connectivity index (χ4n) is 2.22. The van der Waals surface area contributed by atoms with Crippen LogP contribution in [0.25, 0.3) is 0 Å². The maximum atomic E-state index is 13.4. The van der Waals surface area contributed by atoms with E-state index in [9.17, 15) is 18.0 Å². The first-order valence-corrected chi connectivity index (χ1v) is 9.40. The van der Waals surface area contributed by atoms with Gasteiger partial charge in [0.2, 0.25) is 0 Å². The molecule has 5 nitrogen and oxygen atoms in total. The van der Waals surface area contributed by atoms with Crippen molar-refractivity contribution in [2.75, 3.05) is 11.9 Å². The molecule has 0 fully saturated rings. The monoisotopic (exact) mass is 427 g/mol. The predicted molar refractivity (Wildman–Crippen MR) is 113 cm³/mol. The van der Waals surface area contributed by atoms with Gasteiger partial charge in [0.05, 0.1) is 17.7 Å². The fraction of sp³-hybridized carbons (Fsp3) is 0.350. The van der Waals surface area contributed by atoms with Gasteiger partial charge in [0.1, 0.15) is 5.75 Å². The first kappa shape index (κ1) is 24.4. The molecular formula is C20H24F3N3O2S. The van der Waals surface area contributed by atoms with Crippen LogP contribution in [-0.4, -0.2) is 23.8 Å². The number of aliphatic imine (C=N–C) groups is 1. The van der Waals surface area contributed by atoms with E-state index in [1.807, 2.05) is 6.92 Å². The normalized spacial score (nSPS) is 12.0. The number of carbonyl (C=O) groups is 1. The number of hydrogen-bond acceptors (Lipinski definition) is 4. The SMILES string of the molecule is C=CN=C/C(=C\C)C(=O)NC(=S)Nc1ccc(OCCCCC)c(C(F)(F)F)c1. The van der Waals surface area contributed by atoms with Crippen LogP contribution in [0.3, 0.4) is 0 Å². The van der Waals surface area contributed by atoms with Gasteiger partial charge in [-0.25, -0.2) is 0 Å². The number of amides is 1. The van der Waals surface area contributed by atoms with Crippen molar-refractivity contribution in [3.63, 3.8) is 0 Å².